The third-order valence-electron chi connectivity index (χ3n) is 4.68. The molecule has 1 aliphatic rings. The number of amides is 1. The molecular weight excluding hydrogens is 290 g/mol. The number of benzene rings is 1. The number of aromatic nitrogens is 1. The summed E-state index contributed by atoms with van der Waals surface area (Å²) in [6.07, 6.45) is 1.86. The normalized spacial score (nSPS) is 22.2. The van der Waals surface area contributed by atoms with E-state index in [4.69, 9.17) is 10.2 Å². The second kappa shape index (κ2) is 6.54. The Hall–Kier alpha value is -2.14. The van der Waals surface area contributed by atoms with Gasteiger partial charge in [0.2, 0.25) is 11.8 Å². The molecule has 5 nitrogen and oxygen atoms in total. The molecule has 0 spiro atoms. The number of nitrogens with zero attached hydrogens (tertiary/aromatic N) is 2. The number of likely N-dealkylation sites (tertiary alicyclic amines) is 1. The Morgan fingerprint density at radius 3 is 2.78 bits per heavy atom. The number of piperidine rings is 1. The molecule has 23 heavy (non-hydrogen) atoms. The van der Waals surface area contributed by atoms with Gasteiger partial charge in [-0.3, -0.25) is 9.69 Å². The molecule has 0 saturated carbocycles. The fourth-order valence-electron chi connectivity index (χ4n) is 3.10. The molecule has 1 aromatic carbocycles. The zero-order chi connectivity index (χ0) is 16.4. The van der Waals surface area contributed by atoms with E-state index in [1.165, 1.54) is 0 Å². The lowest BCUT2D eigenvalue weighted by atomic mass is 9.93. The molecule has 2 heterocycles. The van der Waals surface area contributed by atoms with Crippen LogP contribution in [0.3, 0.4) is 0 Å². The van der Waals surface area contributed by atoms with Crippen molar-refractivity contribution in [3.8, 4) is 11.5 Å². The summed E-state index contributed by atoms with van der Waals surface area (Å²) < 4.78 is 5.82. The molecule has 5 heteroatoms. The lowest BCUT2D eigenvalue weighted by molar-refractivity contribution is -0.124. The van der Waals surface area contributed by atoms with Crippen LogP contribution in [-0.2, 0) is 11.3 Å². The second-order valence-corrected chi connectivity index (χ2v) is 6.34. The minimum absolute atomic E-state index is 0.0630. The number of carbonyl (C=O) groups is 1. The summed E-state index contributed by atoms with van der Waals surface area (Å²) in [7, 11) is 0. The van der Waals surface area contributed by atoms with E-state index in [1.807, 2.05) is 37.3 Å². The fourth-order valence-corrected chi connectivity index (χ4v) is 3.10. The SMILES string of the molecule is Cc1oc(-c2ccccc2)nc1CN1C[C@@H](C(N)=O)CC[C@@H]1C. The van der Waals surface area contributed by atoms with Crippen molar-refractivity contribution in [2.45, 2.75) is 39.3 Å². The van der Waals surface area contributed by atoms with Gasteiger partial charge in [0.15, 0.2) is 0 Å². The molecule has 0 aliphatic carbocycles. The minimum Gasteiger partial charge on any atom is -0.441 e. The first-order valence-corrected chi connectivity index (χ1v) is 8.09. The number of hydrogen-bond donors (Lipinski definition) is 1. The Bertz CT molecular complexity index is 681. The van der Waals surface area contributed by atoms with Crippen molar-refractivity contribution in [2.24, 2.45) is 11.7 Å². The van der Waals surface area contributed by atoms with Gasteiger partial charge in [0.1, 0.15) is 5.76 Å². The number of oxazole rings is 1. The summed E-state index contributed by atoms with van der Waals surface area (Å²) in [5, 5.41) is 0. The van der Waals surface area contributed by atoms with E-state index < -0.39 is 0 Å². The highest BCUT2D eigenvalue weighted by Crippen LogP contribution is 2.26. The van der Waals surface area contributed by atoms with Gasteiger partial charge in [-0.15, -0.1) is 0 Å². The molecule has 1 fully saturated rings. The molecule has 1 aromatic heterocycles. The lowest BCUT2D eigenvalue weighted by Crippen LogP contribution is -2.45. The summed E-state index contributed by atoms with van der Waals surface area (Å²) in [6.45, 7) is 5.51. The Labute approximate surface area is 136 Å². The van der Waals surface area contributed by atoms with Crippen molar-refractivity contribution in [1.29, 1.82) is 0 Å². The van der Waals surface area contributed by atoms with Crippen LogP contribution in [-0.4, -0.2) is 28.4 Å². The maximum absolute atomic E-state index is 11.5. The van der Waals surface area contributed by atoms with Crippen LogP contribution in [0.5, 0.6) is 0 Å². The third-order valence-corrected chi connectivity index (χ3v) is 4.68. The van der Waals surface area contributed by atoms with E-state index >= 15 is 0 Å². The summed E-state index contributed by atoms with van der Waals surface area (Å²) in [5.41, 5.74) is 7.39. The van der Waals surface area contributed by atoms with Crippen molar-refractivity contribution >= 4 is 5.91 Å². The molecular formula is C18H23N3O2. The zero-order valence-corrected chi connectivity index (χ0v) is 13.7. The molecule has 2 atom stereocenters. The molecule has 1 saturated heterocycles. The summed E-state index contributed by atoms with van der Waals surface area (Å²) >= 11 is 0. The number of nitrogens with two attached hydrogens (primary N) is 1. The molecule has 0 bridgehead atoms. The van der Waals surface area contributed by atoms with Gasteiger partial charge in [-0.05, 0) is 38.8 Å². The number of rotatable bonds is 4. The molecule has 2 N–H and O–H groups in total. The smallest absolute Gasteiger partial charge is 0.226 e. The van der Waals surface area contributed by atoms with Crippen LogP contribution >= 0.6 is 0 Å². The standard InChI is InChI=1S/C18H23N3O2/c1-12-8-9-15(17(19)22)10-21(12)11-16-13(2)23-18(20-16)14-6-4-3-5-7-14/h3-7,12,15H,8-11H2,1-2H3,(H2,19,22)/t12-,15-/m0/s1. The van der Waals surface area contributed by atoms with Crippen molar-refractivity contribution in [2.75, 3.05) is 6.54 Å². The van der Waals surface area contributed by atoms with Crippen LogP contribution in [0.15, 0.2) is 34.7 Å². The van der Waals surface area contributed by atoms with Crippen LogP contribution in [0, 0.1) is 12.8 Å². The quantitative estimate of drug-likeness (QED) is 0.942. The number of aryl methyl sites for hydroxylation is 1. The van der Waals surface area contributed by atoms with E-state index in [1.54, 1.807) is 0 Å². The molecule has 122 valence electrons. The maximum atomic E-state index is 11.5. The van der Waals surface area contributed by atoms with Crippen molar-refractivity contribution in [1.82, 2.24) is 9.88 Å². The Morgan fingerprint density at radius 1 is 1.35 bits per heavy atom. The summed E-state index contributed by atoms with van der Waals surface area (Å²) in [4.78, 5) is 18.4. The van der Waals surface area contributed by atoms with Crippen LogP contribution in [0.4, 0.5) is 0 Å². The molecule has 2 aromatic rings. The number of carbonyl (C=O) groups excluding carboxylic acids is 1. The topological polar surface area (TPSA) is 72.4 Å². The van der Waals surface area contributed by atoms with Crippen molar-refractivity contribution in [3.05, 3.63) is 41.8 Å². The molecule has 1 amide bonds. The van der Waals surface area contributed by atoms with Gasteiger partial charge in [-0.25, -0.2) is 4.98 Å². The number of primary amides is 1. The van der Waals surface area contributed by atoms with Crippen LogP contribution in [0.1, 0.15) is 31.2 Å². The average Bonchev–Trinajstić information content (AvgIpc) is 2.91. The highest BCUT2D eigenvalue weighted by Gasteiger charge is 2.29. The third kappa shape index (κ3) is 3.45. The first-order chi connectivity index (χ1) is 11.0. The molecule has 0 unspecified atom stereocenters. The largest absolute Gasteiger partial charge is 0.441 e. The molecule has 0 radical (unpaired) electrons. The van der Waals surface area contributed by atoms with E-state index in [0.29, 0.717) is 25.0 Å². The van der Waals surface area contributed by atoms with Gasteiger partial charge in [0.05, 0.1) is 11.6 Å². The van der Waals surface area contributed by atoms with Crippen LogP contribution in [0.25, 0.3) is 11.5 Å². The Kier molecular flexibility index (Phi) is 4.48. The molecule has 3 rings (SSSR count). The first-order valence-electron chi connectivity index (χ1n) is 8.09. The Balaban J connectivity index is 1.77. The number of hydrogen-bond acceptors (Lipinski definition) is 4. The first kappa shape index (κ1) is 15.7. The van der Waals surface area contributed by atoms with Gasteiger partial charge in [0, 0.05) is 24.7 Å². The summed E-state index contributed by atoms with van der Waals surface area (Å²) in [5.74, 6) is 1.21. The van der Waals surface area contributed by atoms with E-state index in [9.17, 15) is 4.79 Å². The van der Waals surface area contributed by atoms with Gasteiger partial charge in [0.25, 0.3) is 0 Å². The summed E-state index contributed by atoms with van der Waals surface area (Å²) in [6, 6.07) is 10.3. The predicted molar refractivity (Wildman–Crippen MR) is 88.5 cm³/mol. The monoisotopic (exact) mass is 313 g/mol. The second-order valence-electron chi connectivity index (χ2n) is 6.34. The Morgan fingerprint density at radius 2 is 2.09 bits per heavy atom. The van der Waals surface area contributed by atoms with E-state index in [0.717, 1.165) is 29.9 Å². The van der Waals surface area contributed by atoms with Crippen LogP contribution < -0.4 is 5.73 Å². The minimum atomic E-state index is -0.205. The highest BCUT2D eigenvalue weighted by molar-refractivity contribution is 5.77. The van der Waals surface area contributed by atoms with Crippen LogP contribution in [0.2, 0.25) is 0 Å². The predicted octanol–water partition coefficient (Wildman–Crippen LogP) is 2.74. The van der Waals surface area contributed by atoms with Gasteiger partial charge in [-0.2, -0.15) is 0 Å². The van der Waals surface area contributed by atoms with E-state index in [-0.39, 0.29) is 11.8 Å². The van der Waals surface area contributed by atoms with Gasteiger partial charge in [-0.1, -0.05) is 18.2 Å². The lowest BCUT2D eigenvalue weighted by Gasteiger charge is -2.36. The molecule has 1 aliphatic heterocycles. The fraction of sp³-hybridized carbons (Fsp3) is 0.444. The highest BCUT2D eigenvalue weighted by atomic mass is 16.4. The van der Waals surface area contributed by atoms with Crippen molar-refractivity contribution < 1.29 is 9.21 Å². The maximum Gasteiger partial charge on any atom is 0.226 e. The van der Waals surface area contributed by atoms with Crippen molar-refractivity contribution in [3.63, 3.8) is 0 Å². The van der Waals surface area contributed by atoms with Gasteiger partial charge >= 0.3 is 0 Å². The zero-order valence-electron chi connectivity index (χ0n) is 13.7. The average molecular weight is 313 g/mol. The van der Waals surface area contributed by atoms with E-state index in [2.05, 4.69) is 16.8 Å². The van der Waals surface area contributed by atoms with Gasteiger partial charge < -0.3 is 10.2 Å².